The van der Waals surface area contributed by atoms with Crippen LogP contribution in [0.2, 0.25) is 18.1 Å². The van der Waals surface area contributed by atoms with Gasteiger partial charge in [0.1, 0.15) is 35.6 Å². The van der Waals surface area contributed by atoms with Gasteiger partial charge in [0.25, 0.3) is 0 Å². The zero-order valence-electron chi connectivity index (χ0n) is 33.9. The van der Waals surface area contributed by atoms with E-state index >= 15 is 0 Å². The highest BCUT2D eigenvalue weighted by molar-refractivity contribution is 7.53. The Bertz CT molecular complexity index is 2060. The fourth-order valence-corrected chi connectivity index (χ4v) is 9.40. The van der Waals surface area contributed by atoms with Gasteiger partial charge in [0.2, 0.25) is 0 Å². The summed E-state index contributed by atoms with van der Waals surface area (Å²) in [5.74, 6) is 1.98. The number of hydrogen-bond donors (Lipinski definition) is 1. The number of benzene rings is 3. The Morgan fingerprint density at radius 3 is 1.88 bits per heavy atom. The molecule has 0 saturated carbocycles. The van der Waals surface area contributed by atoms with Gasteiger partial charge in [-0.15, -0.1) is 0 Å². The van der Waals surface area contributed by atoms with E-state index < -0.39 is 46.0 Å². The smallest absolute Gasteiger partial charge is 0.330 e. The van der Waals surface area contributed by atoms with E-state index in [1.54, 1.807) is 27.7 Å². The molecule has 13 nitrogen and oxygen atoms in total. The molecule has 56 heavy (non-hydrogen) atoms. The van der Waals surface area contributed by atoms with Gasteiger partial charge < -0.3 is 37.7 Å². The molecule has 0 spiro atoms. The molecule has 1 aliphatic heterocycles. The van der Waals surface area contributed by atoms with Crippen molar-refractivity contribution in [1.82, 2.24) is 19.5 Å². The number of methoxy groups -OCH3 is 3. The van der Waals surface area contributed by atoms with Crippen molar-refractivity contribution in [2.45, 2.75) is 75.4 Å². The normalized spacial score (nSPS) is 19.3. The van der Waals surface area contributed by atoms with Gasteiger partial charge in [-0.3, -0.25) is 9.13 Å². The molecule has 3 heterocycles. The summed E-state index contributed by atoms with van der Waals surface area (Å²) in [6.45, 7) is 11.0. The van der Waals surface area contributed by atoms with Crippen LogP contribution in [0.3, 0.4) is 0 Å². The largest absolute Gasteiger partial charge is 0.497 e. The summed E-state index contributed by atoms with van der Waals surface area (Å²) in [5, 5.41) is 3.75. The predicted molar refractivity (Wildman–Crippen MR) is 219 cm³/mol. The average molecular weight is 804 g/mol. The Morgan fingerprint density at radius 2 is 1.36 bits per heavy atom. The number of rotatable bonds is 16. The molecule has 1 N–H and O–H groups in total. The average Bonchev–Trinajstić information content (AvgIpc) is 3.80. The molecule has 1 fully saturated rings. The minimum absolute atomic E-state index is 0.102. The van der Waals surface area contributed by atoms with E-state index in [9.17, 15) is 4.57 Å². The van der Waals surface area contributed by atoms with Gasteiger partial charge in [-0.05, 0) is 65.5 Å². The van der Waals surface area contributed by atoms with E-state index in [-0.39, 0.29) is 11.2 Å². The van der Waals surface area contributed by atoms with E-state index in [0.717, 1.165) is 28.2 Å². The molecular formula is C41H54N5O8PSi. The lowest BCUT2D eigenvalue weighted by molar-refractivity contribution is -0.0333. The van der Waals surface area contributed by atoms with E-state index in [1.807, 2.05) is 71.3 Å². The molecule has 0 bridgehead atoms. The number of aromatic nitrogens is 4. The Morgan fingerprint density at radius 1 is 0.786 bits per heavy atom. The Kier molecular flexibility index (Phi) is 12.4. The Hall–Kier alpha value is -4.14. The highest BCUT2D eigenvalue weighted by Gasteiger charge is 2.52. The monoisotopic (exact) mass is 803 g/mol. The molecule has 0 radical (unpaired) electrons. The van der Waals surface area contributed by atoms with Crippen LogP contribution in [0.25, 0.3) is 11.2 Å². The van der Waals surface area contributed by atoms with Gasteiger partial charge in [0, 0.05) is 21.3 Å². The van der Waals surface area contributed by atoms with Crippen molar-refractivity contribution >= 4 is 32.9 Å². The molecule has 4 atom stereocenters. The summed E-state index contributed by atoms with van der Waals surface area (Å²) >= 11 is 0. The van der Waals surface area contributed by atoms with Gasteiger partial charge in [-0.2, -0.15) is 0 Å². The van der Waals surface area contributed by atoms with Crippen molar-refractivity contribution in [2.24, 2.45) is 0 Å². The van der Waals surface area contributed by atoms with Gasteiger partial charge in [0.05, 0.1) is 32.8 Å². The maximum atomic E-state index is 13.1. The lowest BCUT2D eigenvalue weighted by Crippen LogP contribution is -2.49. The zero-order valence-corrected chi connectivity index (χ0v) is 35.8. The lowest BCUT2D eigenvalue weighted by atomic mass is 9.77. The molecule has 0 amide bonds. The lowest BCUT2D eigenvalue weighted by Gasteiger charge is -2.40. The molecule has 3 aromatic carbocycles. The fourth-order valence-electron chi connectivity index (χ4n) is 7.03. The van der Waals surface area contributed by atoms with Crippen molar-refractivity contribution in [3.8, 4) is 11.5 Å². The number of nitrogens with zero attached hydrogens (tertiary/aromatic N) is 4. The van der Waals surface area contributed by atoms with Crippen molar-refractivity contribution < 1.29 is 37.0 Å². The van der Waals surface area contributed by atoms with E-state index in [1.165, 1.54) is 20.5 Å². The zero-order chi connectivity index (χ0) is 40.3. The van der Waals surface area contributed by atoms with Crippen LogP contribution < -0.4 is 14.8 Å². The number of anilines is 1. The molecule has 1 aliphatic rings. The standard InChI is InChI=1S/C41H54N5O8PSi/c1-40(2,3)56(9,10)54-36-35(50-6)33(24-25-55(47,51-7)52-8)53-39(36)46-27-44-34-37(42-26-43-38(34)46)45-41(28-14-12-11-13-15-28,29-16-20-31(48-4)21-17-29)30-18-22-32(49-5)23-19-30/h11-23,26-27,33,35-36,39H,24-25H2,1-10H3,(H,42,43,45)/t33-,35-,36-,39-/m1/s1. The van der Waals surface area contributed by atoms with Crippen LogP contribution >= 0.6 is 7.60 Å². The minimum Gasteiger partial charge on any atom is -0.497 e. The molecule has 5 aromatic rings. The molecule has 1 saturated heterocycles. The number of ether oxygens (including phenoxy) is 4. The molecule has 6 rings (SSSR count). The van der Waals surface area contributed by atoms with E-state index in [4.69, 9.17) is 47.4 Å². The molecule has 15 heteroatoms. The molecule has 2 aromatic heterocycles. The Balaban J connectivity index is 1.49. The third kappa shape index (κ3) is 8.01. The SMILES string of the molecule is COc1ccc(C(Nc2ncnc3c2ncn3[C@@H]2O[C@H](CCP(=O)(OC)OC)[C@@H](OC)[C@H]2O[Si](C)(C)C(C)(C)C)(c2ccccc2)c2ccc(OC)cc2)cc1. The third-order valence-electron chi connectivity index (χ3n) is 11.2. The number of imidazole rings is 1. The summed E-state index contributed by atoms with van der Waals surface area (Å²) < 4.78 is 56.7. The highest BCUT2D eigenvalue weighted by Crippen LogP contribution is 2.50. The van der Waals surface area contributed by atoms with Gasteiger partial charge in [0.15, 0.2) is 31.5 Å². The van der Waals surface area contributed by atoms with Crippen LogP contribution in [0.5, 0.6) is 11.5 Å². The third-order valence-corrected chi connectivity index (χ3v) is 17.6. The van der Waals surface area contributed by atoms with Crippen molar-refractivity contribution in [3.63, 3.8) is 0 Å². The second-order valence-electron chi connectivity index (χ2n) is 15.3. The number of fused-ring (bicyclic) bond motifs is 1. The second-order valence-corrected chi connectivity index (χ2v) is 22.5. The summed E-state index contributed by atoms with van der Waals surface area (Å²) in [6.07, 6.45) is 1.52. The summed E-state index contributed by atoms with van der Waals surface area (Å²) in [6, 6.07) is 26.2. The van der Waals surface area contributed by atoms with Gasteiger partial charge in [-0.1, -0.05) is 75.4 Å². The van der Waals surface area contributed by atoms with Crippen LogP contribution in [0.15, 0.2) is 91.5 Å². The summed E-state index contributed by atoms with van der Waals surface area (Å²) in [4.78, 5) is 14.5. The molecular weight excluding hydrogens is 750 g/mol. The first-order chi connectivity index (χ1) is 26.7. The number of hydrogen-bond acceptors (Lipinski definition) is 12. The van der Waals surface area contributed by atoms with Crippen LogP contribution in [-0.2, 0) is 33.1 Å². The predicted octanol–water partition coefficient (Wildman–Crippen LogP) is 8.43. The minimum atomic E-state index is -3.32. The van der Waals surface area contributed by atoms with Crippen molar-refractivity contribution in [3.05, 3.63) is 108 Å². The van der Waals surface area contributed by atoms with Crippen molar-refractivity contribution in [2.75, 3.05) is 47.0 Å². The van der Waals surface area contributed by atoms with Crippen LogP contribution in [0, 0.1) is 0 Å². The van der Waals surface area contributed by atoms with Gasteiger partial charge >= 0.3 is 7.60 Å². The molecule has 0 unspecified atom stereocenters. The van der Waals surface area contributed by atoms with Crippen molar-refractivity contribution in [1.29, 1.82) is 0 Å². The highest BCUT2D eigenvalue weighted by atomic mass is 31.2. The Labute approximate surface area is 330 Å². The fraction of sp³-hybridized carbons (Fsp3) is 0.439. The summed E-state index contributed by atoms with van der Waals surface area (Å²) in [7, 11) is 2.03. The maximum Gasteiger partial charge on any atom is 0.330 e. The first-order valence-electron chi connectivity index (χ1n) is 18.6. The van der Waals surface area contributed by atoms with E-state index in [0.29, 0.717) is 23.4 Å². The number of nitrogens with one attached hydrogen (secondary N) is 1. The van der Waals surface area contributed by atoms with Crippen LogP contribution in [-0.4, -0.2) is 87.9 Å². The first kappa shape index (κ1) is 41.5. The van der Waals surface area contributed by atoms with Gasteiger partial charge in [-0.25, -0.2) is 15.0 Å². The van der Waals surface area contributed by atoms with Crippen LogP contribution in [0.4, 0.5) is 5.82 Å². The first-order valence-corrected chi connectivity index (χ1v) is 23.2. The second kappa shape index (κ2) is 16.8. The topological polar surface area (TPSA) is 137 Å². The van der Waals surface area contributed by atoms with Crippen LogP contribution in [0.1, 0.15) is 50.1 Å². The van der Waals surface area contributed by atoms with E-state index in [2.05, 4.69) is 51.3 Å². The molecule has 300 valence electrons. The quantitative estimate of drug-likeness (QED) is 0.0582. The summed E-state index contributed by atoms with van der Waals surface area (Å²) in [5.41, 5.74) is 2.98. The maximum absolute atomic E-state index is 13.1. The molecule has 0 aliphatic carbocycles.